The van der Waals surface area contributed by atoms with E-state index in [0.29, 0.717) is 32.2 Å². The molecule has 0 saturated heterocycles. The maximum Gasteiger partial charge on any atom is 0.326 e. The van der Waals surface area contributed by atoms with Crippen molar-refractivity contribution in [3.63, 3.8) is 0 Å². The molecule has 26 nitrogen and oxygen atoms in total. The molecule has 0 fully saturated rings. The second-order valence-electron chi connectivity index (χ2n) is 19.2. The highest BCUT2D eigenvalue weighted by molar-refractivity contribution is 5.98. The van der Waals surface area contributed by atoms with Gasteiger partial charge in [0.2, 0.25) is 53.2 Å². The Kier molecular flexibility index (Phi) is 31.3. The summed E-state index contributed by atoms with van der Waals surface area (Å²) >= 11 is 0. The summed E-state index contributed by atoms with van der Waals surface area (Å²) in [5.41, 5.74) is 18.0. The van der Waals surface area contributed by atoms with E-state index in [1.165, 1.54) is 13.8 Å². The molecule has 1 aromatic carbocycles. The Morgan fingerprint density at radius 2 is 0.933 bits per heavy atom. The summed E-state index contributed by atoms with van der Waals surface area (Å²) in [5, 5.41) is 51.8. The van der Waals surface area contributed by atoms with Crippen LogP contribution in [0.15, 0.2) is 30.3 Å². The molecule has 9 atom stereocenters. The first-order valence-electron chi connectivity index (χ1n) is 25.3. The van der Waals surface area contributed by atoms with Crippen LogP contribution in [0, 0.1) is 11.8 Å². The summed E-state index contributed by atoms with van der Waals surface area (Å²) in [6, 6.07) is -1.70. The molecular weight excluding hydrogens is 981 g/mol. The van der Waals surface area contributed by atoms with E-state index in [0.717, 1.165) is 5.56 Å². The molecule has 18 N–H and O–H groups in total. The standard InChI is InChI=1S/C49H82N12O14/c1-27(2)22-36(46(71)56-34(18-19-40(65)66)45(70)60-37(23-28(3)4)47(72)58-35(49(74)75)17-11-13-21-51)59-44(69)33(16-10-12-20-50)57-48(73)41(30(6)62)61-39(64)26-53-42(67)29(5)55-38(63)25-54-43(68)32(52)24-31-14-8-7-9-15-31/h7-9,14-15,27-30,32-37,41,62H,10-13,16-26,50-52H2,1-6H3,(H,53,67)(H,54,68)(H,55,63)(H,56,71)(H,57,73)(H,58,72)(H,59,69)(H,60,70)(H,61,64)(H,65,66)(H,74,75)/t29-,30+,32-,33-,34-,35-,36-,37-,41-/m0/s1. The summed E-state index contributed by atoms with van der Waals surface area (Å²) in [4.78, 5) is 143. The Bertz CT molecular complexity index is 2040. The zero-order chi connectivity index (χ0) is 56.8. The van der Waals surface area contributed by atoms with Gasteiger partial charge in [0.1, 0.15) is 42.3 Å². The molecule has 0 aromatic heterocycles. The molecule has 0 aliphatic heterocycles. The third-order valence-corrected chi connectivity index (χ3v) is 11.4. The van der Waals surface area contributed by atoms with Gasteiger partial charge >= 0.3 is 11.9 Å². The van der Waals surface area contributed by atoms with Crippen LogP contribution in [-0.4, -0.2) is 161 Å². The lowest BCUT2D eigenvalue weighted by atomic mass is 9.99. The molecular formula is C49H82N12O14. The topological polar surface area (TPSA) is 435 Å². The molecule has 1 aromatic rings. The second kappa shape index (κ2) is 35.4. The summed E-state index contributed by atoms with van der Waals surface area (Å²) < 4.78 is 0. The number of unbranched alkanes of at least 4 members (excludes halogenated alkanes) is 2. The highest BCUT2D eigenvalue weighted by Gasteiger charge is 2.35. The molecule has 0 aliphatic rings. The van der Waals surface area contributed by atoms with E-state index in [2.05, 4.69) is 47.9 Å². The van der Waals surface area contributed by atoms with Gasteiger partial charge in [-0.05, 0) is 109 Å². The van der Waals surface area contributed by atoms with Crippen LogP contribution < -0.4 is 65.1 Å². The number of rotatable bonds is 37. The highest BCUT2D eigenvalue weighted by Crippen LogP contribution is 2.12. The Labute approximate surface area is 437 Å². The molecule has 0 heterocycles. The number of carbonyl (C=O) groups is 11. The highest BCUT2D eigenvalue weighted by atomic mass is 16.4. The molecule has 422 valence electrons. The van der Waals surface area contributed by atoms with E-state index in [4.69, 9.17) is 17.2 Å². The Hall–Kier alpha value is -6.77. The van der Waals surface area contributed by atoms with E-state index in [9.17, 15) is 68.1 Å². The van der Waals surface area contributed by atoms with Gasteiger partial charge in [-0.15, -0.1) is 0 Å². The van der Waals surface area contributed by atoms with Crippen LogP contribution in [0.4, 0.5) is 0 Å². The predicted octanol–water partition coefficient (Wildman–Crippen LogP) is -3.12. The second-order valence-corrected chi connectivity index (χ2v) is 19.2. The van der Waals surface area contributed by atoms with Crippen molar-refractivity contribution in [1.82, 2.24) is 47.9 Å². The summed E-state index contributed by atoms with van der Waals surface area (Å²) in [6.45, 7) is 8.81. The van der Waals surface area contributed by atoms with Crippen molar-refractivity contribution in [3.05, 3.63) is 35.9 Å². The average molecular weight is 1060 g/mol. The molecule has 0 spiro atoms. The van der Waals surface area contributed by atoms with Gasteiger partial charge in [-0.25, -0.2) is 4.79 Å². The minimum absolute atomic E-state index is 0.0196. The monoisotopic (exact) mass is 1060 g/mol. The van der Waals surface area contributed by atoms with Gasteiger partial charge in [-0.1, -0.05) is 58.0 Å². The number of hydrogen-bond acceptors (Lipinski definition) is 15. The molecule has 0 radical (unpaired) electrons. The maximum atomic E-state index is 14.0. The van der Waals surface area contributed by atoms with E-state index in [1.807, 2.05) is 6.07 Å². The number of benzene rings is 1. The number of aliphatic hydroxyl groups excluding tert-OH is 1. The van der Waals surface area contributed by atoms with Crippen LogP contribution in [0.1, 0.15) is 111 Å². The molecule has 0 unspecified atom stereocenters. The van der Waals surface area contributed by atoms with Crippen LogP contribution in [0.5, 0.6) is 0 Å². The molecule has 75 heavy (non-hydrogen) atoms. The number of nitrogens with one attached hydrogen (secondary N) is 9. The smallest absolute Gasteiger partial charge is 0.326 e. The van der Waals surface area contributed by atoms with Crippen LogP contribution >= 0.6 is 0 Å². The van der Waals surface area contributed by atoms with Crippen molar-refractivity contribution < 1.29 is 68.1 Å². The normalized spacial score (nSPS) is 14.7. The average Bonchev–Trinajstić information content (AvgIpc) is 3.33. The zero-order valence-electron chi connectivity index (χ0n) is 43.9. The Balaban J connectivity index is 3.14. The Morgan fingerprint density at radius 3 is 1.40 bits per heavy atom. The first-order chi connectivity index (χ1) is 35.3. The van der Waals surface area contributed by atoms with Gasteiger partial charge < -0.3 is 80.4 Å². The fourth-order valence-electron chi connectivity index (χ4n) is 7.37. The van der Waals surface area contributed by atoms with Gasteiger partial charge in [0.15, 0.2) is 0 Å². The van der Waals surface area contributed by atoms with Crippen molar-refractivity contribution in [2.45, 2.75) is 167 Å². The minimum atomic E-state index is -1.68. The van der Waals surface area contributed by atoms with Crippen LogP contribution in [0.3, 0.4) is 0 Å². The van der Waals surface area contributed by atoms with Gasteiger partial charge in [-0.2, -0.15) is 0 Å². The SMILES string of the molecule is CC(C)C[C@H](NC(=O)[C@H](CCC(=O)O)NC(=O)[C@H](CC(C)C)NC(=O)[C@H](CCCCN)NC(=O)[C@@H](NC(=O)CNC(=O)[C@H](C)NC(=O)CNC(=O)[C@@H](N)Cc1ccccc1)[C@@H](C)O)C(=O)N[C@@H](CCCCN)C(=O)O. The Morgan fingerprint density at radius 1 is 0.507 bits per heavy atom. The molecule has 1 rings (SSSR count). The van der Waals surface area contributed by atoms with Crippen molar-refractivity contribution in [3.8, 4) is 0 Å². The van der Waals surface area contributed by atoms with Crippen LogP contribution in [-0.2, 0) is 59.2 Å². The molecule has 0 bridgehead atoms. The van der Waals surface area contributed by atoms with Gasteiger partial charge in [-0.3, -0.25) is 47.9 Å². The van der Waals surface area contributed by atoms with Crippen molar-refractivity contribution in [2.75, 3.05) is 26.2 Å². The molecule has 0 saturated carbocycles. The third-order valence-electron chi connectivity index (χ3n) is 11.4. The number of amides is 9. The van der Waals surface area contributed by atoms with Gasteiger partial charge in [0.25, 0.3) is 0 Å². The maximum absolute atomic E-state index is 14.0. The predicted molar refractivity (Wildman–Crippen MR) is 274 cm³/mol. The number of nitrogens with two attached hydrogens (primary N) is 3. The number of aliphatic hydroxyl groups is 1. The first kappa shape index (κ1) is 66.2. The minimum Gasteiger partial charge on any atom is -0.481 e. The molecule has 26 heteroatoms. The van der Waals surface area contributed by atoms with Crippen LogP contribution in [0.2, 0.25) is 0 Å². The quantitative estimate of drug-likeness (QED) is 0.0293. The number of carbonyl (C=O) groups excluding carboxylic acids is 9. The number of carboxylic acids is 2. The lowest BCUT2D eigenvalue weighted by molar-refractivity contribution is -0.142. The zero-order valence-corrected chi connectivity index (χ0v) is 43.9. The third kappa shape index (κ3) is 27.4. The molecule has 9 amide bonds. The van der Waals surface area contributed by atoms with E-state index >= 15 is 0 Å². The van der Waals surface area contributed by atoms with Gasteiger partial charge in [0.05, 0.1) is 25.2 Å². The van der Waals surface area contributed by atoms with E-state index in [-0.39, 0.29) is 50.5 Å². The van der Waals surface area contributed by atoms with E-state index in [1.54, 1.807) is 52.0 Å². The van der Waals surface area contributed by atoms with Crippen molar-refractivity contribution in [2.24, 2.45) is 29.0 Å². The molecule has 0 aliphatic carbocycles. The van der Waals surface area contributed by atoms with Crippen molar-refractivity contribution >= 4 is 65.1 Å². The first-order valence-corrected chi connectivity index (χ1v) is 25.3. The number of carboxylic acid groups (broad SMARTS) is 2. The number of hydrogen-bond donors (Lipinski definition) is 15. The van der Waals surface area contributed by atoms with Crippen molar-refractivity contribution in [1.29, 1.82) is 0 Å². The largest absolute Gasteiger partial charge is 0.481 e. The van der Waals surface area contributed by atoms with Crippen LogP contribution in [0.25, 0.3) is 0 Å². The summed E-state index contributed by atoms with van der Waals surface area (Å²) in [7, 11) is 0. The fourth-order valence-corrected chi connectivity index (χ4v) is 7.37. The summed E-state index contributed by atoms with van der Waals surface area (Å²) in [5.74, 6) is -10.7. The van der Waals surface area contributed by atoms with Gasteiger partial charge in [0, 0.05) is 6.42 Å². The van der Waals surface area contributed by atoms with E-state index < -0.39 is 145 Å². The number of aliphatic carboxylic acids is 2. The lowest BCUT2D eigenvalue weighted by Crippen LogP contribution is -2.61. The fraction of sp³-hybridized carbons (Fsp3) is 0.653. The summed E-state index contributed by atoms with van der Waals surface area (Å²) in [6.07, 6.45) is -0.692. The lowest BCUT2D eigenvalue weighted by Gasteiger charge is -2.28.